The number of halogens is 2. The molecule has 0 unspecified atom stereocenters. The van der Waals surface area contributed by atoms with E-state index in [4.69, 9.17) is 4.74 Å². The van der Waals surface area contributed by atoms with Gasteiger partial charge in [0.25, 0.3) is 0 Å². The van der Waals surface area contributed by atoms with Gasteiger partial charge >= 0.3 is 0 Å². The molecule has 2 nitrogen and oxygen atoms in total. The summed E-state index contributed by atoms with van der Waals surface area (Å²) in [6.07, 6.45) is 0. The minimum Gasteiger partial charge on any atom is -0.489 e. The van der Waals surface area contributed by atoms with Crippen LogP contribution in [0.1, 0.15) is 11.3 Å². The Kier molecular flexibility index (Phi) is 3.88. The van der Waals surface area contributed by atoms with E-state index in [2.05, 4.69) is 20.9 Å². The van der Waals surface area contributed by atoms with Gasteiger partial charge in [-0.25, -0.2) is 4.39 Å². The molecule has 0 aliphatic heterocycles. The largest absolute Gasteiger partial charge is 0.489 e. The summed E-state index contributed by atoms with van der Waals surface area (Å²) in [5, 5.41) is 1.07. The predicted octanol–water partition coefficient (Wildman–Crippen LogP) is 5.02. The van der Waals surface area contributed by atoms with Crippen LogP contribution in [0.4, 0.5) is 4.39 Å². The van der Waals surface area contributed by atoms with Gasteiger partial charge in [0.15, 0.2) is 0 Å². The van der Waals surface area contributed by atoms with Crippen molar-refractivity contribution < 1.29 is 9.13 Å². The summed E-state index contributed by atoms with van der Waals surface area (Å²) in [6, 6.07) is 14.6. The van der Waals surface area contributed by atoms with Crippen molar-refractivity contribution in [3.8, 4) is 5.75 Å². The third kappa shape index (κ3) is 3.05. The number of aromatic nitrogens is 1. The van der Waals surface area contributed by atoms with Crippen molar-refractivity contribution in [3.63, 3.8) is 0 Å². The summed E-state index contributed by atoms with van der Waals surface area (Å²) in [5.74, 6) is 0.328. The van der Waals surface area contributed by atoms with Crippen molar-refractivity contribution >= 4 is 26.8 Å². The smallest absolute Gasteiger partial charge is 0.137 e. The maximum absolute atomic E-state index is 13.2. The number of fused-ring (bicyclic) bond motifs is 1. The van der Waals surface area contributed by atoms with Gasteiger partial charge in [-0.05, 0) is 53.2 Å². The van der Waals surface area contributed by atoms with Crippen molar-refractivity contribution in [2.45, 2.75) is 13.5 Å². The van der Waals surface area contributed by atoms with E-state index in [-0.39, 0.29) is 5.82 Å². The van der Waals surface area contributed by atoms with E-state index in [9.17, 15) is 4.39 Å². The monoisotopic (exact) mass is 345 g/mol. The van der Waals surface area contributed by atoms with Crippen LogP contribution < -0.4 is 4.74 Å². The van der Waals surface area contributed by atoms with Gasteiger partial charge in [0, 0.05) is 16.6 Å². The molecule has 0 spiro atoms. The molecule has 0 aliphatic carbocycles. The summed E-state index contributed by atoms with van der Waals surface area (Å²) in [4.78, 5) is 4.50. The van der Waals surface area contributed by atoms with E-state index in [1.807, 2.05) is 37.3 Å². The van der Waals surface area contributed by atoms with E-state index in [0.29, 0.717) is 16.8 Å². The van der Waals surface area contributed by atoms with Gasteiger partial charge in [0.2, 0.25) is 0 Å². The Labute approximate surface area is 130 Å². The summed E-state index contributed by atoms with van der Waals surface area (Å²) < 4.78 is 19.4. The van der Waals surface area contributed by atoms with E-state index in [1.54, 1.807) is 12.1 Å². The lowest BCUT2D eigenvalue weighted by molar-refractivity contribution is 0.307. The Morgan fingerprint density at radius 2 is 1.95 bits per heavy atom. The van der Waals surface area contributed by atoms with Crippen LogP contribution in [0.15, 0.2) is 53.0 Å². The lowest BCUT2D eigenvalue weighted by Gasteiger charge is -2.10. The number of hydrogen-bond donors (Lipinski definition) is 0. The molecule has 0 saturated carbocycles. The van der Waals surface area contributed by atoms with Crippen LogP contribution in [-0.4, -0.2) is 4.98 Å². The molecule has 1 heterocycles. The molecular weight excluding hydrogens is 333 g/mol. The number of ether oxygens (including phenoxy) is 1. The predicted molar refractivity (Wildman–Crippen MR) is 84.9 cm³/mol. The Morgan fingerprint density at radius 3 is 2.76 bits per heavy atom. The zero-order chi connectivity index (χ0) is 14.8. The molecule has 3 rings (SSSR count). The minimum absolute atomic E-state index is 0.299. The van der Waals surface area contributed by atoms with Gasteiger partial charge in [-0.2, -0.15) is 0 Å². The fourth-order valence-electron chi connectivity index (χ4n) is 2.24. The molecule has 0 N–H and O–H groups in total. The van der Waals surface area contributed by atoms with Crippen molar-refractivity contribution in [2.24, 2.45) is 0 Å². The zero-order valence-electron chi connectivity index (χ0n) is 11.4. The average Bonchev–Trinajstić information content (AvgIpc) is 2.48. The molecule has 1 aromatic heterocycles. The lowest BCUT2D eigenvalue weighted by atomic mass is 10.1. The maximum Gasteiger partial charge on any atom is 0.137 e. The molecule has 2 aromatic carbocycles. The van der Waals surface area contributed by atoms with Gasteiger partial charge < -0.3 is 4.74 Å². The van der Waals surface area contributed by atoms with Crippen molar-refractivity contribution in [3.05, 3.63) is 70.1 Å². The molecule has 106 valence electrons. The number of hydrogen-bond acceptors (Lipinski definition) is 2. The molecule has 3 aromatic rings. The molecule has 21 heavy (non-hydrogen) atoms. The van der Waals surface area contributed by atoms with Gasteiger partial charge in [-0.3, -0.25) is 4.98 Å². The third-order valence-corrected chi connectivity index (χ3v) is 3.82. The summed E-state index contributed by atoms with van der Waals surface area (Å²) in [6.45, 7) is 2.38. The summed E-state index contributed by atoms with van der Waals surface area (Å²) in [5.41, 5.74) is 2.97. The minimum atomic E-state index is -0.299. The van der Waals surface area contributed by atoms with E-state index in [0.717, 1.165) is 22.2 Å². The summed E-state index contributed by atoms with van der Waals surface area (Å²) in [7, 11) is 0. The molecule has 0 saturated heterocycles. The first-order valence-electron chi connectivity index (χ1n) is 6.56. The molecule has 0 aliphatic rings. The topological polar surface area (TPSA) is 22.1 Å². The number of rotatable bonds is 3. The van der Waals surface area contributed by atoms with Gasteiger partial charge in [-0.15, -0.1) is 0 Å². The Balaban J connectivity index is 1.89. The fourth-order valence-corrected chi connectivity index (χ4v) is 2.60. The fraction of sp³-hybridized carbons (Fsp3) is 0.118. The van der Waals surface area contributed by atoms with Crippen molar-refractivity contribution in [1.29, 1.82) is 0 Å². The second kappa shape index (κ2) is 5.82. The Morgan fingerprint density at radius 1 is 1.14 bits per heavy atom. The quantitative estimate of drug-likeness (QED) is 0.664. The standard InChI is InChI=1S/C17H13BrFNO/c1-11-8-12(14-4-2-3-5-17(14)20-11)10-21-13-6-7-16(19)15(18)9-13/h2-9H,10H2,1H3. The highest BCUT2D eigenvalue weighted by Gasteiger charge is 2.06. The van der Waals surface area contributed by atoms with Crippen LogP contribution in [0, 0.1) is 12.7 Å². The van der Waals surface area contributed by atoms with Gasteiger partial charge in [0.05, 0.1) is 9.99 Å². The van der Waals surface area contributed by atoms with Crippen LogP contribution in [-0.2, 0) is 6.61 Å². The molecule has 4 heteroatoms. The van der Waals surface area contributed by atoms with Gasteiger partial charge in [-0.1, -0.05) is 18.2 Å². The number of para-hydroxylation sites is 1. The Hall–Kier alpha value is -1.94. The Bertz CT molecular complexity index is 804. The normalized spacial score (nSPS) is 10.8. The molecule has 0 amide bonds. The van der Waals surface area contributed by atoms with E-state index in [1.165, 1.54) is 6.07 Å². The van der Waals surface area contributed by atoms with E-state index < -0.39 is 0 Å². The highest BCUT2D eigenvalue weighted by atomic mass is 79.9. The van der Waals surface area contributed by atoms with Crippen LogP contribution in [0.2, 0.25) is 0 Å². The highest BCUT2D eigenvalue weighted by Crippen LogP contribution is 2.24. The van der Waals surface area contributed by atoms with E-state index >= 15 is 0 Å². The second-order valence-electron chi connectivity index (χ2n) is 4.80. The molecular formula is C17H13BrFNO. The zero-order valence-corrected chi connectivity index (χ0v) is 13.0. The van der Waals surface area contributed by atoms with Crippen molar-refractivity contribution in [2.75, 3.05) is 0 Å². The van der Waals surface area contributed by atoms with Crippen LogP contribution in [0.25, 0.3) is 10.9 Å². The lowest BCUT2D eigenvalue weighted by Crippen LogP contribution is -1.99. The van der Waals surface area contributed by atoms with Crippen LogP contribution in [0.3, 0.4) is 0 Å². The molecule has 0 atom stereocenters. The van der Waals surface area contributed by atoms with Gasteiger partial charge in [0.1, 0.15) is 18.2 Å². The van der Waals surface area contributed by atoms with Crippen LogP contribution >= 0.6 is 15.9 Å². The molecule has 0 fully saturated rings. The number of nitrogens with zero attached hydrogens (tertiary/aromatic N) is 1. The molecule has 0 radical (unpaired) electrons. The third-order valence-electron chi connectivity index (χ3n) is 3.22. The van der Waals surface area contributed by atoms with Crippen molar-refractivity contribution in [1.82, 2.24) is 4.98 Å². The first-order chi connectivity index (χ1) is 10.1. The molecule has 0 bridgehead atoms. The number of pyridine rings is 1. The maximum atomic E-state index is 13.2. The number of aryl methyl sites for hydroxylation is 1. The SMILES string of the molecule is Cc1cc(COc2ccc(F)c(Br)c2)c2ccccc2n1. The average molecular weight is 346 g/mol. The second-order valence-corrected chi connectivity index (χ2v) is 5.66. The first-order valence-corrected chi connectivity index (χ1v) is 7.36. The highest BCUT2D eigenvalue weighted by molar-refractivity contribution is 9.10. The van der Waals surface area contributed by atoms with Crippen LogP contribution in [0.5, 0.6) is 5.75 Å². The summed E-state index contributed by atoms with van der Waals surface area (Å²) >= 11 is 3.16. The first kappa shape index (κ1) is 14.0. The number of benzene rings is 2.